The van der Waals surface area contributed by atoms with Crippen LogP contribution in [-0.4, -0.2) is 23.8 Å². The maximum absolute atomic E-state index is 12.0. The Bertz CT molecular complexity index is 1010. The average molecular weight is 360 g/mol. The topological polar surface area (TPSA) is 85.8 Å². The first-order valence-corrected chi connectivity index (χ1v) is 7.70. The van der Waals surface area contributed by atoms with Crippen LogP contribution in [-0.2, 0) is 11.3 Å². The normalized spacial score (nSPS) is 11.1. The molecule has 3 rings (SSSR count). The van der Waals surface area contributed by atoms with Crippen molar-refractivity contribution in [3.8, 4) is 5.75 Å². The number of halogens is 1. The molecule has 1 aromatic heterocycles. The van der Waals surface area contributed by atoms with Crippen LogP contribution in [0, 0.1) is 0 Å². The van der Waals surface area contributed by atoms with Gasteiger partial charge in [-0.15, -0.1) is 0 Å². The van der Waals surface area contributed by atoms with Crippen molar-refractivity contribution in [3.05, 3.63) is 63.6 Å². The van der Waals surface area contributed by atoms with Gasteiger partial charge in [0.2, 0.25) is 0 Å². The molecular weight excluding hydrogens is 346 g/mol. The third-order valence-electron chi connectivity index (χ3n) is 3.46. The predicted molar refractivity (Wildman–Crippen MR) is 94.2 cm³/mol. The number of nitrogens with one attached hydrogen (secondary N) is 1. The van der Waals surface area contributed by atoms with Crippen molar-refractivity contribution >= 4 is 34.8 Å². The van der Waals surface area contributed by atoms with Crippen LogP contribution in [0.5, 0.6) is 5.75 Å². The van der Waals surface area contributed by atoms with Gasteiger partial charge in [-0.25, -0.2) is 10.2 Å². The molecule has 0 fully saturated rings. The first kappa shape index (κ1) is 16.8. The summed E-state index contributed by atoms with van der Waals surface area (Å²) in [6.45, 7) is -0.241. The molecule has 1 N–H and O–H groups in total. The number of methoxy groups -OCH3 is 1. The van der Waals surface area contributed by atoms with Crippen LogP contribution in [0.1, 0.15) is 5.56 Å². The van der Waals surface area contributed by atoms with E-state index in [1.807, 2.05) is 12.1 Å². The number of carbonyl (C=O) groups is 1. The highest BCUT2D eigenvalue weighted by molar-refractivity contribution is 6.31. The van der Waals surface area contributed by atoms with E-state index in [1.54, 1.807) is 37.4 Å². The maximum Gasteiger partial charge on any atom is 0.420 e. The van der Waals surface area contributed by atoms with E-state index in [4.69, 9.17) is 20.8 Å². The summed E-state index contributed by atoms with van der Waals surface area (Å²) in [4.78, 5) is 23.9. The largest absolute Gasteiger partial charge is 0.496 e. The predicted octanol–water partition coefficient (Wildman–Crippen LogP) is 2.41. The number of ether oxygens (including phenoxy) is 1. The molecule has 0 aliphatic carbocycles. The highest BCUT2D eigenvalue weighted by Gasteiger charge is 2.12. The van der Waals surface area contributed by atoms with Crippen LogP contribution >= 0.6 is 11.6 Å². The summed E-state index contributed by atoms with van der Waals surface area (Å²) in [6, 6.07) is 12.0. The van der Waals surface area contributed by atoms with Gasteiger partial charge in [0.1, 0.15) is 12.3 Å². The number of oxazole rings is 1. The number of amides is 1. The van der Waals surface area contributed by atoms with Crippen molar-refractivity contribution in [2.24, 2.45) is 5.10 Å². The third-order valence-corrected chi connectivity index (χ3v) is 3.70. The van der Waals surface area contributed by atoms with Crippen molar-refractivity contribution in [1.82, 2.24) is 9.99 Å². The zero-order valence-corrected chi connectivity index (χ0v) is 14.0. The molecular formula is C17H14ClN3O4. The summed E-state index contributed by atoms with van der Waals surface area (Å²) in [5.74, 6) is -0.482. The van der Waals surface area contributed by atoms with Crippen LogP contribution in [0.2, 0.25) is 5.02 Å². The fraction of sp³-hybridized carbons (Fsp3) is 0.118. The second kappa shape index (κ2) is 7.23. The Balaban J connectivity index is 1.73. The van der Waals surface area contributed by atoms with E-state index in [0.29, 0.717) is 27.4 Å². The van der Waals surface area contributed by atoms with E-state index in [2.05, 4.69) is 10.5 Å². The number of rotatable bonds is 5. The van der Waals surface area contributed by atoms with Crippen LogP contribution in [0.3, 0.4) is 0 Å². The average Bonchev–Trinajstić information content (AvgIpc) is 2.90. The molecule has 0 saturated carbocycles. The molecule has 1 heterocycles. The summed E-state index contributed by atoms with van der Waals surface area (Å²) in [5, 5.41) is 4.32. The van der Waals surface area contributed by atoms with Crippen LogP contribution in [0.15, 0.2) is 56.8 Å². The van der Waals surface area contributed by atoms with Gasteiger partial charge in [0, 0.05) is 10.6 Å². The number of hydrogen-bond donors (Lipinski definition) is 1. The van der Waals surface area contributed by atoms with Crippen LogP contribution in [0.4, 0.5) is 0 Å². The van der Waals surface area contributed by atoms with Gasteiger partial charge in [0.15, 0.2) is 5.58 Å². The van der Waals surface area contributed by atoms with Crippen molar-refractivity contribution < 1.29 is 13.9 Å². The number of hydrazone groups is 1. The Kier molecular flexibility index (Phi) is 4.85. The zero-order valence-electron chi connectivity index (χ0n) is 13.2. The van der Waals surface area contributed by atoms with Crippen molar-refractivity contribution in [2.75, 3.05) is 7.11 Å². The first-order valence-electron chi connectivity index (χ1n) is 7.32. The minimum atomic E-state index is -0.638. The van der Waals surface area contributed by atoms with Crippen molar-refractivity contribution in [2.45, 2.75) is 6.54 Å². The molecule has 0 atom stereocenters. The van der Waals surface area contributed by atoms with Gasteiger partial charge in [0.05, 0.1) is 18.8 Å². The summed E-state index contributed by atoms with van der Waals surface area (Å²) in [7, 11) is 1.55. The van der Waals surface area contributed by atoms with E-state index >= 15 is 0 Å². The molecule has 0 radical (unpaired) electrons. The smallest absolute Gasteiger partial charge is 0.420 e. The summed E-state index contributed by atoms with van der Waals surface area (Å²) < 4.78 is 11.5. The molecule has 3 aromatic rings. The molecule has 1 amide bonds. The van der Waals surface area contributed by atoms with Crippen LogP contribution < -0.4 is 15.9 Å². The molecule has 25 heavy (non-hydrogen) atoms. The quantitative estimate of drug-likeness (QED) is 0.560. The molecule has 0 aliphatic heterocycles. The van der Waals surface area contributed by atoms with Gasteiger partial charge < -0.3 is 9.15 Å². The van der Waals surface area contributed by atoms with Gasteiger partial charge in [0.25, 0.3) is 5.91 Å². The Morgan fingerprint density at radius 2 is 2.16 bits per heavy atom. The number of fused-ring (bicyclic) bond motifs is 1. The SMILES string of the molecule is COc1ccccc1/C=N/NC(=O)Cn1c(=O)oc2ccc(Cl)cc21. The number of benzene rings is 2. The number of aromatic nitrogens is 1. The lowest BCUT2D eigenvalue weighted by Gasteiger charge is -2.04. The monoisotopic (exact) mass is 359 g/mol. The molecule has 0 unspecified atom stereocenters. The van der Waals surface area contributed by atoms with Crippen molar-refractivity contribution in [1.29, 1.82) is 0 Å². The molecule has 0 spiro atoms. The molecule has 7 nitrogen and oxygen atoms in total. The second-order valence-corrected chi connectivity index (χ2v) is 5.54. The highest BCUT2D eigenvalue weighted by Crippen LogP contribution is 2.18. The summed E-state index contributed by atoms with van der Waals surface area (Å²) >= 11 is 5.92. The van der Waals surface area contributed by atoms with E-state index in [1.165, 1.54) is 10.8 Å². The zero-order chi connectivity index (χ0) is 17.8. The molecule has 8 heteroatoms. The minimum absolute atomic E-state index is 0.241. The standard InChI is InChI=1S/C17H14ClN3O4/c1-24-14-5-3-2-4-11(14)9-19-20-16(22)10-21-13-8-12(18)6-7-15(13)25-17(21)23/h2-9H,10H2,1H3,(H,20,22)/b19-9+. The molecule has 0 bridgehead atoms. The molecule has 128 valence electrons. The Labute approximate surface area is 147 Å². The maximum atomic E-state index is 12.0. The Morgan fingerprint density at radius 1 is 1.36 bits per heavy atom. The molecule has 0 saturated heterocycles. The van der Waals surface area contributed by atoms with Crippen molar-refractivity contribution in [3.63, 3.8) is 0 Å². The van der Waals surface area contributed by atoms with Gasteiger partial charge >= 0.3 is 5.76 Å². The molecule has 2 aromatic carbocycles. The first-order chi connectivity index (χ1) is 12.1. The number of hydrogen-bond acceptors (Lipinski definition) is 5. The third kappa shape index (κ3) is 3.72. The fourth-order valence-corrected chi connectivity index (χ4v) is 2.48. The summed E-state index contributed by atoms with van der Waals surface area (Å²) in [5.41, 5.74) is 3.89. The van der Waals surface area contributed by atoms with Gasteiger partial charge in [-0.2, -0.15) is 5.10 Å². The highest BCUT2D eigenvalue weighted by atomic mass is 35.5. The number of para-hydroxylation sites is 1. The van der Waals surface area contributed by atoms with E-state index in [-0.39, 0.29) is 6.54 Å². The number of carbonyl (C=O) groups excluding carboxylic acids is 1. The Hall–Kier alpha value is -3.06. The lowest BCUT2D eigenvalue weighted by molar-refractivity contribution is -0.121. The van der Waals surface area contributed by atoms with E-state index < -0.39 is 11.7 Å². The van der Waals surface area contributed by atoms with E-state index in [9.17, 15) is 9.59 Å². The van der Waals surface area contributed by atoms with Gasteiger partial charge in [-0.05, 0) is 30.3 Å². The lowest BCUT2D eigenvalue weighted by atomic mass is 10.2. The Morgan fingerprint density at radius 3 is 2.96 bits per heavy atom. The van der Waals surface area contributed by atoms with Crippen LogP contribution in [0.25, 0.3) is 11.1 Å². The molecule has 0 aliphatic rings. The van der Waals surface area contributed by atoms with Gasteiger partial charge in [-0.1, -0.05) is 23.7 Å². The second-order valence-electron chi connectivity index (χ2n) is 5.10. The minimum Gasteiger partial charge on any atom is -0.496 e. The van der Waals surface area contributed by atoms with E-state index in [0.717, 1.165) is 0 Å². The lowest BCUT2D eigenvalue weighted by Crippen LogP contribution is -2.27. The van der Waals surface area contributed by atoms with Gasteiger partial charge in [-0.3, -0.25) is 9.36 Å². The fourth-order valence-electron chi connectivity index (χ4n) is 2.31. The summed E-state index contributed by atoms with van der Waals surface area (Å²) in [6.07, 6.45) is 1.46. The number of nitrogens with zero attached hydrogens (tertiary/aromatic N) is 2.